The molecule has 0 N–H and O–H groups in total. The summed E-state index contributed by atoms with van der Waals surface area (Å²) in [6, 6.07) is 0. The molecule has 0 aromatic heterocycles. The van der Waals surface area contributed by atoms with Crippen molar-refractivity contribution in [2.45, 2.75) is 0 Å². The number of carbonyl (C=O) groups is 2. The summed E-state index contributed by atoms with van der Waals surface area (Å²) >= 11 is 0. The van der Waals surface area contributed by atoms with E-state index in [-0.39, 0.29) is 11.2 Å². The highest BCUT2D eigenvalue weighted by atomic mass is 32.2. The van der Waals surface area contributed by atoms with Gasteiger partial charge in [-0.3, -0.25) is 9.59 Å². The molecule has 0 fully saturated rings. The Hall–Kier alpha value is -1.49. The summed E-state index contributed by atoms with van der Waals surface area (Å²) in [7, 11) is -2.46. The third-order valence-corrected chi connectivity index (χ3v) is 2.37. The molecule has 1 aliphatic carbocycles. The van der Waals surface area contributed by atoms with E-state index in [1.807, 2.05) is 0 Å². The van der Waals surface area contributed by atoms with Gasteiger partial charge in [-0.1, -0.05) is 18.2 Å². The average molecular weight is 198 g/mol. The van der Waals surface area contributed by atoms with Crippen LogP contribution in [0.2, 0.25) is 0 Å². The van der Waals surface area contributed by atoms with Gasteiger partial charge in [-0.25, -0.2) is 0 Å². The molecule has 0 amide bonds. The predicted octanol–water partition coefficient (Wildman–Crippen LogP) is -0.452. The first-order chi connectivity index (χ1) is 6.16. The maximum absolute atomic E-state index is 10.9. The lowest BCUT2D eigenvalue weighted by Gasteiger charge is -2.07. The molecule has 1 aliphatic rings. The lowest BCUT2D eigenvalue weighted by atomic mass is 9.97. The van der Waals surface area contributed by atoms with E-state index in [0.29, 0.717) is 0 Å². The Bertz CT molecular complexity index is 417. The molecule has 0 saturated heterocycles. The Kier molecular flexibility index (Phi) is 2.92. The summed E-state index contributed by atoms with van der Waals surface area (Å²) in [5.41, 5.74) is 0. The number of hydrogen-bond donors (Lipinski definition) is 0. The molecule has 1 unspecified atom stereocenters. The van der Waals surface area contributed by atoms with Crippen LogP contribution in [-0.2, 0) is 19.9 Å². The average Bonchev–Trinajstić information content (AvgIpc) is 2.16. The maximum Gasteiger partial charge on any atom is 0.218 e. The number of ketones is 1. The summed E-state index contributed by atoms with van der Waals surface area (Å²) in [4.78, 5) is 21.0. The third-order valence-electron chi connectivity index (χ3n) is 1.60. The van der Waals surface area contributed by atoms with Gasteiger partial charge in [-0.05, 0) is 6.08 Å². The molecule has 4 nitrogen and oxygen atoms in total. The molecule has 1 rings (SSSR count). The molecule has 0 aromatic rings. The second-order valence-electron chi connectivity index (χ2n) is 2.38. The first-order valence-corrected chi connectivity index (χ1v) is 4.54. The lowest BCUT2D eigenvalue weighted by molar-refractivity contribution is -0.130. The van der Waals surface area contributed by atoms with Crippen molar-refractivity contribution in [1.82, 2.24) is 0 Å². The zero-order chi connectivity index (χ0) is 9.84. The highest BCUT2D eigenvalue weighted by molar-refractivity contribution is 7.73. The number of aldehydes is 1. The molecule has 0 heterocycles. The minimum absolute atomic E-state index is 0.0698. The Balaban J connectivity index is 3.18. The molecular weight excluding hydrogens is 192 g/mol. The van der Waals surface area contributed by atoms with Crippen LogP contribution in [0.25, 0.3) is 0 Å². The van der Waals surface area contributed by atoms with Crippen molar-refractivity contribution in [1.29, 1.82) is 0 Å². The lowest BCUT2D eigenvalue weighted by Crippen LogP contribution is -2.23. The normalized spacial score (nSPS) is 20.0. The van der Waals surface area contributed by atoms with Crippen molar-refractivity contribution in [3.05, 3.63) is 24.3 Å². The second-order valence-corrected chi connectivity index (χ2v) is 3.32. The fourth-order valence-corrected chi connectivity index (χ4v) is 1.58. The highest BCUT2D eigenvalue weighted by Crippen LogP contribution is 2.08. The van der Waals surface area contributed by atoms with Crippen molar-refractivity contribution in [2.24, 2.45) is 5.92 Å². The van der Waals surface area contributed by atoms with E-state index < -0.39 is 22.0 Å². The van der Waals surface area contributed by atoms with Crippen LogP contribution in [0, 0.1) is 5.92 Å². The second kappa shape index (κ2) is 3.95. The van der Waals surface area contributed by atoms with Crippen molar-refractivity contribution in [3.8, 4) is 0 Å². The minimum Gasteiger partial charge on any atom is -0.295 e. The van der Waals surface area contributed by atoms with E-state index in [1.165, 1.54) is 24.3 Å². The van der Waals surface area contributed by atoms with E-state index in [4.69, 9.17) is 0 Å². The molecule has 5 heteroatoms. The Morgan fingerprint density at radius 2 is 2.08 bits per heavy atom. The van der Waals surface area contributed by atoms with Gasteiger partial charge in [0, 0.05) is 0 Å². The van der Waals surface area contributed by atoms with E-state index in [0.717, 1.165) is 0 Å². The molecule has 0 aromatic carbocycles. The molecule has 1 atom stereocenters. The van der Waals surface area contributed by atoms with Crippen LogP contribution in [0.3, 0.4) is 0 Å². The van der Waals surface area contributed by atoms with Crippen LogP contribution in [-0.4, -0.2) is 25.4 Å². The fraction of sp³-hybridized carbons (Fsp3) is 0.125. The monoisotopic (exact) mass is 198 g/mol. The summed E-state index contributed by atoms with van der Waals surface area (Å²) < 4.78 is 21.2. The van der Waals surface area contributed by atoms with Crippen LogP contribution in [0.1, 0.15) is 0 Å². The molecule has 0 spiro atoms. The van der Waals surface area contributed by atoms with Gasteiger partial charge in [0.2, 0.25) is 16.1 Å². The van der Waals surface area contributed by atoms with Crippen molar-refractivity contribution in [2.75, 3.05) is 0 Å². The number of carbonyl (C=O) groups excluding carboxylic acids is 2. The SMILES string of the molecule is O=CC(=O)C1C=CC=CC1=S(=O)=O. The van der Waals surface area contributed by atoms with Crippen LogP contribution >= 0.6 is 0 Å². The Labute approximate surface area is 76.1 Å². The van der Waals surface area contributed by atoms with Crippen LogP contribution in [0.15, 0.2) is 24.3 Å². The zero-order valence-electron chi connectivity index (χ0n) is 6.51. The third kappa shape index (κ3) is 2.00. The molecular formula is C8H6O4S. The molecule has 0 bridgehead atoms. The van der Waals surface area contributed by atoms with Gasteiger partial charge in [-0.15, -0.1) is 0 Å². The number of Topliss-reactive ketones (excluding diaryl/α,β-unsaturated/α-hetero) is 1. The van der Waals surface area contributed by atoms with E-state index in [9.17, 15) is 18.0 Å². The molecule has 13 heavy (non-hydrogen) atoms. The van der Waals surface area contributed by atoms with Crippen molar-refractivity contribution < 1.29 is 18.0 Å². The van der Waals surface area contributed by atoms with Crippen molar-refractivity contribution >= 4 is 27.2 Å². The van der Waals surface area contributed by atoms with Crippen LogP contribution < -0.4 is 0 Å². The number of hydrogen-bond acceptors (Lipinski definition) is 4. The van der Waals surface area contributed by atoms with Gasteiger partial charge in [0.15, 0.2) is 6.29 Å². The van der Waals surface area contributed by atoms with Crippen LogP contribution in [0.5, 0.6) is 0 Å². The topological polar surface area (TPSA) is 68.3 Å². The highest BCUT2D eigenvalue weighted by Gasteiger charge is 2.21. The van der Waals surface area contributed by atoms with Gasteiger partial charge >= 0.3 is 0 Å². The number of allylic oxidation sites excluding steroid dienone is 4. The van der Waals surface area contributed by atoms with E-state index >= 15 is 0 Å². The largest absolute Gasteiger partial charge is 0.295 e. The summed E-state index contributed by atoms with van der Waals surface area (Å²) in [6.45, 7) is 0. The summed E-state index contributed by atoms with van der Waals surface area (Å²) in [5, 5.41) is 0. The quantitative estimate of drug-likeness (QED) is 0.342. The molecule has 0 saturated carbocycles. The first kappa shape index (κ1) is 9.60. The van der Waals surface area contributed by atoms with E-state index in [2.05, 4.69) is 0 Å². The van der Waals surface area contributed by atoms with Crippen LogP contribution in [0.4, 0.5) is 0 Å². The van der Waals surface area contributed by atoms with Gasteiger partial charge in [-0.2, -0.15) is 8.42 Å². The Morgan fingerprint density at radius 3 is 2.62 bits per heavy atom. The minimum atomic E-state index is -2.46. The first-order valence-electron chi connectivity index (χ1n) is 3.47. The van der Waals surface area contributed by atoms with Crippen molar-refractivity contribution in [3.63, 3.8) is 0 Å². The molecule has 0 aliphatic heterocycles. The predicted molar refractivity (Wildman–Crippen MR) is 46.8 cm³/mol. The van der Waals surface area contributed by atoms with Gasteiger partial charge in [0.05, 0.1) is 10.8 Å². The molecule has 0 radical (unpaired) electrons. The van der Waals surface area contributed by atoms with Gasteiger partial charge < -0.3 is 0 Å². The smallest absolute Gasteiger partial charge is 0.218 e. The Morgan fingerprint density at radius 1 is 1.38 bits per heavy atom. The van der Waals surface area contributed by atoms with Gasteiger partial charge in [0.1, 0.15) is 0 Å². The standard InChI is InChI=1S/C8H6O4S/c9-5-7(10)6-3-1-2-4-8(6)13(11)12/h1-6H. The van der Waals surface area contributed by atoms with E-state index in [1.54, 1.807) is 0 Å². The zero-order valence-corrected chi connectivity index (χ0v) is 7.32. The number of rotatable bonds is 2. The summed E-state index contributed by atoms with van der Waals surface area (Å²) in [5.74, 6) is -1.69. The van der Waals surface area contributed by atoms with Gasteiger partial charge in [0.25, 0.3) is 0 Å². The fourth-order valence-electron chi connectivity index (χ4n) is 0.992. The molecule has 68 valence electrons. The summed E-state index contributed by atoms with van der Waals surface area (Å²) in [6.07, 6.45) is 5.83. The maximum atomic E-state index is 10.9.